The Morgan fingerprint density at radius 1 is 0.800 bits per heavy atom. The molecule has 4 aliphatic rings. The standard InChI is InChI=1S/C21H26F2N2O3S2/c22-13-1-3-15(17(9-13)19-11-24-5-7-29(19)27)21(26)16-4-2-14(23)10-18(16)20-12-25-6-8-30(20)28/h5-8,11-18,24-25H,1-4,9-10H2. The highest BCUT2D eigenvalue weighted by Crippen LogP contribution is 2.45. The average molecular weight is 457 g/mol. The van der Waals surface area contributed by atoms with Gasteiger partial charge in [0.15, 0.2) is 0 Å². The largest absolute Gasteiger partial charge is 0.366 e. The number of hydrogen-bond donors (Lipinski definition) is 2. The minimum absolute atomic E-state index is 0.0382. The highest BCUT2D eigenvalue weighted by molar-refractivity contribution is 7.92. The Bertz CT molecular complexity index is 802. The molecule has 164 valence electrons. The first-order valence-corrected chi connectivity index (χ1v) is 12.8. The maximum atomic E-state index is 14.3. The van der Waals surface area contributed by atoms with Gasteiger partial charge in [-0.25, -0.2) is 17.2 Å². The maximum Gasteiger partial charge on any atom is 0.140 e. The topological polar surface area (TPSA) is 75.3 Å². The van der Waals surface area contributed by atoms with E-state index < -0.39 is 57.6 Å². The molecule has 5 nitrogen and oxygen atoms in total. The number of hydrogen-bond acceptors (Lipinski definition) is 5. The van der Waals surface area contributed by atoms with Gasteiger partial charge in [0.2, 0.25) is 0 Å². The predicted octanol–water partition coefficient (Wildman–Crippen LogP) is 3.39. The van der Waals surface area contributed by atoms with Crippen LogP contribution in [0.3, 0.4) is 0 Å². The van der Waals surface area contributed by atoms with Crippen LogP contribution in [0.1, 0.15) is 38.5 Å². The molecule has 2 aliphatic heterocycles. The highest BCUT2D eigenvalue weighted by Gasteiger charge is 2.46. The van der Waals surface area contributed by atoms with E-state index in [9.17, 15) is 22.0 Å². The van der Waals surface area contributed by atoms with Gasteiger partial charge >= 0.3 is 0 Å². The van der Waals surface area contributed by atoms with E-state index in [4.69, 9.17) is 0 Å². The van der Waals surface area contributed by atoms with Crippen LogP contribution in [-0.4, -0.2) is 26.5 Å². The van der Waals surface area contributed by atoms with Gasteiger partial charge in [-0.1, -0.05) is 0 Å². The Hall–Kier alpha value is -1.61. The fourth-order valence-corrected chi connectivity index (χ4v) is 7.28. The molecule has 0 bridgehead atoms. The van der Waals surface area contributed by atoms with Crippen molar-refractivity contribution in [3.8, 4) is 0 Å². The second-order valence-electron chi connectivity index (χ2n) is 8.28. The first kappa shape index (κ1) is 21.6. The summed E-state index contributed by atoms with van der Waals surface area (Å²) in [5.74, 6) is -1.88. The van der Waals surface area contributed by atoms with Gasteiger partial charge in [0.25, 0.3) is 0 Å². The van der Waals surface area contributed by atoms with Gasteiger partial charge in [-0.2, -0.15) is 0 Å². The zero-order valence-corrected chi connectivity index (χ0v) is 18.1. The first-order valence-electron chi connectivity index (χ1n) is 10.3. The molecule has 0 spiro atoms. The van der Waals surface area contributed by atoms with Crippen molar-refractivity contribution in [2.75, 3.05) is 0 Å². The summed E-state index contributed by atoms with van der Waals surface area (Å²) in [7, 11) is -2.79. The Kier molecular flexibility index (Phi) is 6.67. The van der Waals surface area contributed by atoms with E-state index in [0.717, 1.165) is 0 Å². The molecule has 0 aromatic heterocycles. The average Bonchev–Trinajstić information content (AvgIpc) is 2.74. The summed E-state index contributed by atoms with van der Waals surface area (Å²) < 4.78 is 53.6. The quantitative estimate of drug-likeness (QED) is 0.678. The summed E-state index contributed by atoms with van der Waals surface area (Å²) in [6.07, 6.45) is 5.94. The van der Waals surface area contributed by atoms with E-state index in [2.05, 4.69) is 10.6 Å². The minimum Gasteiger partial charge on any atom is -0.366 e. The molecule has 30 heavy (non-hydrogen) atoms. The molecule has 8 unspecified atom stereocenters. The highest BCUT2D eigenvalue weighted by atomic mass is 32.2. The minimum atomic E-state index is -1.40. The number of Topliss-reactive ketones (excluding diaryl/α,β-unsaturated/α-hetero) is 1. The van der Waals surface area contributed by atoms with Crippen molar-refractivity contribution in [2.24, 2.45) is 23.7 Å². The molecule has 0 aromatic rings. The molecule has 9 heteroatoms. The first-order chi connectivity index (χ1) is 14.5. The zero-order valence-electron chi connectivity index (χ0n) is 16.5. The molecule has 2 N–H and O–H groups in total. The van der Waals surface area contributed by atoms with E-state index >= 15 is 0 Å². The normalized spacial score (nSPS) is 41.3. The van der Waals surface area contributed by atoms with Crippen LogP contribution in [-0.2, 0) is 26.4 Å². The third-order valence-corrected chi connectivity index (χ3v) is 9.06. The molecule has 8 atom stereocenters. The maximum absolute atomic E-state index is 14.3. The van der Waals surface area contributed by atoms with Gasteiger partial charge in [-0.15, -0.1) is 0 Å². The number of allylic oxidation sites excluding steroid dienone is 2. The molecule has 0 radical (unpaired) electrons. The third kappa shape index (κ3) is 4.37. The van der Waals surface area contributed by atoms with Crippen molar-refractivity contribution in [3.63, 3.8) is 0 Å². The molecule has 2 aliphatic carbocycles. The van der Waals surface area contributed by atoms with Gasteiger partial charge in [0.1, 0.15) is 18.1 Å². The van der Waals surface area contributed by atoms with Gasteiger partial charge < -0.3 is 10.6 Å². The smallest absolute Gasteiger partial charge is 0.140 e. The van der Waals surface area contributed by atoms with Crippen molar-refractivity contribution in [1.29, 1.82) is 0 Å². The van der Waals surface area contributed by atoms with Gasteiger partial charge in [-0.05, 0) is 38.5 Å². The second-order valence-corrected chi connectivity index (χ2v) is 11.0. The van der Waals surface area contributed by atoms with Crippen LogP contribution < -0.4 is 10.6 Å². The lowest BCUT2D eigenvalue weighted by Gasteiger charge is -2.40. The van der Waals surface area contributed by atoms with Crippen LogP contribution in [0.5, 0.6) is 0 Å². The molecule has 4 rings (SSSR count). The summed E-state index contributed by atoms with van der Waals surface area (Å²) in [6.45, 7) is 0. The summed E-state index contributed by atoms with van der Waals surface area (Å²) in [5.41, 5.74) is 0. The Morgan fingerprint density at radius 3 is 1.63 bits per heavy atom. The van der Waals surface area contributed by atoms with Crippen LogP contribution in [0, 0.1) is 23.7 Å². The molecule has 2 heterocycles. The lowest BCUT2D eigenvalue weighted by atomic mass is 9.67. The number of ketones is 1. The molecular formula is C21H26F2N2O3S2. The monoisotopic (exact) mass is 456 g/mol. The molecule has 0 saturated heterocycles. The number of alkyl halides is 2. The van der Waals surface area contributed by atoms with Crippen LogP contribution in [0.2, 0.25) is 0 Å². The Morgan fingerprint density at radius 2 is 1.23 bits per heavy atom. The van der Waals surface area contributed by atoms with Crippen LogP contribution in [0.25, 0.3) is 0 Å². The summed E-state index contributed by atoms with van der Waals surface area (Å²) in [4.78, 5) is 14.8. The second kappa shape index (κ2) is 9.26. The van der Waals surface area contributed by atoms with Gasteiger partial charge in [-0.3, -0.25) is 4.79 Å². The summed E-state index contributed by atoms with van der Waals surface area (Å²) >= 11 is 0. The van der Waals surface area contributed by atoms with Crippen molar-refractivity contribution >= 4 is 27.4 Å². The van der Waals surface area contributed by atoms with Crippen LogP contribution in [0.15, 0.2) is 45.4 Å². The fraction of sp³-hybridized carbons (Fsp3) is 0.571. The van der Waals surface area contributed by atoms with E-state index in [1.807, 2.05) is 0 Å². The van der Waals surface area contributed by atoms with E-state index in [1.165, 1.54) is 10.8 Å². The van der Waals surface area contributed by atoms with Crippen LogP contribution in [0.4, 0.5) is 8.78 Å². The predicted molar refractivity (Wildman–Crippen MR) is 113 cm³/mol. The van der Waals surface area contributed by atoms with E-state index in [0.29, 0.717) is 22.7 Å². The number of nitrogens with one attached hydrogen (secondary N) is 2. The SMILES string of the molecule is O=C(C1CCC(F)CC1C1=CNC=CS1=O)C1CCC(F)CC1C1=CNC=CS1=O. The van der Waals surface area contributed by atoms with Crippen molar-refractivity contribution in [1.82, 2.24) is 10.6 Å². The van der Waals surface area contributed by atoms with Crippen LogP contribution >= 0.6 is 0 Å². The Balaban J connectivity index is 1.61. The van der Waals surface area contributed by atoms with E-state index in [1.54, 1.807) is 24.8 Å². The lowest BCUT2D eigenvalue weighted by Crippen LogP contribution is -2.42. The zero-order chi connectivity index (χ0) is 21.3. The van der Waals surface area contributed by atoms with E-state index in [-0.39, 0.29) is 31.5 Å². The van der Waals surface area contributed by atoms with Crippen molar-refractivity contribution in [2.45, 2.75) is 50.9 Å². The molecule has 2 fully saturated rings. The van der Waals surface area contributed by atoms with Crippen molar-refractivity contribution < 1.29 is 22.0 Å². The molecule has 2 saturated carbocycles. The Labute approximate surface area is 180 Å². The van der Waals surface area contributed by atoms with Gasteiger partial charge in [0, 0.05) is 69.1 Å². The number of carbonyl (C=O) groups excluding carboxylic acids is 1. The number of rotatable bonds is 4. The van der Waals surface area contributed by atoms with Gasteiger partial charge in [0.05, 0.1) is 21.6 Å². The molecular weight excluding hydrogens is 430 g/mol. The summed E-state index contributed by atoms with van der Waals surface area (Å²) in [6, 6.07) is 0. The fourth-order valence-electron chi connectivity index (χ4n) is 5.07. The third-order valence-electron chi connectivity index (χ3n) is 6.53. The molecule has 0 aromatic carbocycles. The summed E-state index contributed by atoms with van der Waals surface area (Å²) in [5, 5.41) is 8.82. The number of carbonyl (C=O) groups is 1. The molecule has 0 amide bonds. The number of halogens is 2. The van der Waals surface area contributed by atoms with Crippen molar-refractivity contribution in [3.05, 3.63) is 45.4 Å². The lowest BCUT2D eigenvalue weighted by molar-refractivity contribution is -0.132.